The Morgan fingerprint density at radius 1 is 0.818 bits per heavy atom. The van der Waals surface area contributed by atoms with E-state index in [0.29, 0.717) is 0 Å². The highest BCUT2D eigenvalue weighted by molar-refractivity contribution is 5.21. The van der Waals surface area contributed by atoms with Gasteiger partial charge < -0.3 is 10.2 Å². The molecule has 1 aromatic rings. The van der Waals surface area contributed by atoms with Crippen LogP contribution in [0, 0.1) is 0 Å². The molecule has 0 amide bonds. The first-order valence-electron chi connectivity index (χ1n) is 3.16. The van der Waals surface area contributed by atoms with Crippen LogP contribution < -0.4 is 0 Å². The largest absolute Gasteiger partial charge is 0.392 e. The quantitative estimate of drug-likeness (QED) is 0.669. The van der Waals surface area contributed by atoms with Crippen LogP contribution in [-0.4, -0.2) is 10.2 Å². The van der Waals surface area contributed by atoms with Gasteiger partial charge in [0, 0.05) is 0 Å². The highest BCUT2D eigenvalue weighted by Crippen LogP contribution is 2.03. The van der Waals surface area contributed by atoms with Crippen LogP contribution in [0.3, 0.4) is 0 Å². The van der Waals surface area contributed by atoms with Crippen LogP contribution in [0.15, 0.2) is 24.3 Å². The molecule has 3 heteroatoms. The first kappa shape index (κ1) is 10.1. The molecular weight excluding hydrogens is 147 g/mol. The highest BCUT2D eigenvalue weighted by atomic mass is 19.0. The van der Waals surface area contributed by atoms with Crippen LogP contribution in [0.1, 0.15) is 11.1 Å². The third-order valence-electron chi connectivity index (χ3n) is 1.39. The molecule has 0 atom stereocenters. The monoisotopic (exact) mass is 158 g/mol. The van der Waals surface area contributed by atoms with Crippen molar-refractivity contribution < 1.29 is 14.9 Å². The zero-order valence-electron chi connectivity index (χ0n) is 6.03. The molecule has 2 nitrogen and oxygen atoms in total. The minimum atomic E-state index is 0. The molecule has 0 bridgehead atoms. The van der Waals surface area contributed by atoms with E-state index in [1.165, 1.54) is 0 Å². The van der Waals surface area contributed by atoms with Crippen molar-refractivity contribution >= 4 is 0 Å². The Balaban J connectivity index is 0.000001000. The van der Waals surface area contributed by atoms with Crippen LogP contribution >= 0.6 is 0 Å². The number of aliphatic hydroxyl groups excluding tert-OH is 2. The molecule has 2 N–H and O–H groups in total. The zero-order valence-corrected chi connectivity index (χ0v) is 6.03. The SMILES string of the molecule is F.OCc1ccc(CO)cc1. The van der Waals surface area contributed by atoms with Gasteiger partial charge in [-0.3, -0.25) is 4.70 Å². The van der Waals surface area contributed by atoms with Gasteiger partial charge in [-0.25, -0.2) is 0 Å². The van der Waals surface area contributed by atoms with Gasteiger partial charge in [0.15, 0.2) is 0 Å². The van der Waals surface area contributed by atoms with Crippen molar-refractivity contribution in [3.63, 3.8) is 0 Å². The maximum Gasteiger partial charge on any atom is 0.0681 e. The molecule has 0 aliphatic heterocycles. The van der Waals surface area contributed by atoms with E-state index in [9.17, 15) is 0 Å². The van der Waals surface area contributed by atoms with E-state index >= 15 is 0 Å². The van der Waals surface area contributed by atoms with Gasteiger partial charge in [0.25, 0.3) is 0 Å². The molecule has 0 fully saturated rings. The second kappa shape index (κ2) is 4.82. The number of hydrogen-bond donors (Lipinski definition) is 2. The predicted molar refractivity (Wildman–Crippen MR) is 40.8 cm³/mol. The molecule has 0 heterocycles. The lowest BCUT2D eigenvalue weighted by Crippen LogP contribution is -1.85. The topological polar surface area (TPSA) is 40.5 Å². The van der Waals surface area contributed by atoms with Crippen molar-refractivity contribution in [1.82, 2.24) is 0 Å². The molecule has 1 rings (SSSR count). The molecular formula is C8H11FO2. The van der Waals surface area contributed by atoms with Gasteiger partial charge in [-0.1, -0.05) is 24.3 Å². The molecule has 0 aromatic heterocycles. The first-order chi connectivity index (χ1) is 4.86. The van der Waals surface area contributed by atoms with E-state index in [4.69, 9.17) is 10.2 Å². The Morgan fingerprint density at radius 2 is 1.09 bits per heavy atom. The lowest BCUT2D eigenvalue weighted by atomic mass is 10.1. The summed E-state index contributed by atoms with van der Waals surface area (Å²) in [6.07, 6.45) is 0. The fourth-order valence-corrected chi connectivity index (χ4v) is 0.750. The summed E-state index contributed by atoms with van der Waals surface area (Å²) < 4.78 is 0. The Hall–Kier alpha value is -0.930. The van der Waals surface area contributed by atoms with Crippen molar-refractivity contribution in [2.45, 2.75) is 13.2 Å². The Labute approximate surface area is 64.5 Å². The molecule has 0 spiro atoms. The molecule has 0 saturated heterocycles. The minimum Gasteiger partial charge on any atom is -0.392 e. The summed E-state index contributed by atoms with van der Waals surface area (Å²) in [4.78, 5) is 0. The van der Waals surface area contributed by atoms with Crippen molar-refractivity contribution in [3.05, 3.63) is 35.4 Å². The molecule has 0 aliphatic carbocycles. The third kappa shape index (κ3) is 2.65. The number of rotatable bonds is 2. The predicted octanol–water partition coefficient (Wildman–Crippen LogP) is 0.824. The maximum absolute atomic E-state index is 8.64. The van der Waals surface area contributed by atoms with Crippen LogP contribution in [0.2, 0.25) is 0 Å². The van der Waals surface area contributed by atoms with Crippen molar-refractivity contribution in [2.75, 3.05) is 0 Å². The van der Waals surface area contributed by atoms with Gasteiger partial charge in [0.2, 0.25) is 0 Å². The summed E-state index contributed by atoms with van der Waals surface area (Å²) in [5, 5.41) is 17.3. The fraction of sp³-hybridized carbons (Fsp3) is 0.250. The summed E-state index contributed by atoms with van der Waals surface area (Å²) in [6.45, 7) is 0.122. The van der Waals surface area contributed by atoms with Gasteiger partial charge in [-0.2, -0.15) is 0 Å². The number of benzene rings is 1. The van der Waals surface area contributed by atoms with E-state index in [1.807, 2.05) is 0 Å². The summed E-state index contributed by atoms with van der Waals surface area (Å²) >= 11 is 0. The van der Waals surface area contributed by atoms with Crippen molar-refractivity contribution in [2.24, 2.45) is 0 Å². The molecule has 0 saturated carbocycles. The Kier molecular flexibility index (Phi) is 4.41. The molecule has 11 heavy (non-hydrogen) atoms. The average Bonchev–Trinajstić information content (AvgIpc) is 2.05. The molecule has 1 aromatic carbocycles. The van der Waals surface area contributed by atoms with E-state index in [-0.39, 0.29) is 17.9 Å². The van der Waals surface area contributed by atoms with Gasteiger partial charge >= 0.3 is 0 Å². The molecule has 62 valence electrons. The highest BCUT2D eigenvalue weighted by Gasteiger charge is 1.89. The number of hydrogen-bond acceptors (Lipinski definition) is 2. The van der Waals surface area contributed by atoms with Gasteiger partial charge in [0.05, 0.1) is 13.2 Å². The Morgan fingerprint density at radius 3 is 1.27 bits per heavy atom. The summed E-state index contributed by atoms with van der Waals surface area (Å²) in [5.41, 5.74) is 1.74. The van der Waals surface area contributed by atoms with Crippen molar-refractivity contribution in [1.29, 1.82) is 0 Å². The smallest absolute Gasteiger partial charge is 0.0681 e. The van der Waals surface area contributed by atoms with Gasteiger partial charge in [-0.05, 0) is 11.1 Å². The van der Waals surface area contributed by atoms with Crippen LogP contribution in [0.4, 0.5) is 4.70 Å². The van der Waals surface area contributed by atoms with E-state index in [0.717, 1.165) is 11.1 Å². The zero-order chi connectivity index (χ0) is 7.40. The molecule has 0 unspecified atom stereocenters. The average molecular weight is 158 g/mol. The Bertz CT molecular complexity index is 173. The van der Waals surface area contributed by atoms with E-state index < -0.39 is 0 Å². The van der Waals surface area contributed by atoms with Crippen LogP contribution in [0.25, 0.3) is 0 Å². The molecule has 0 radical (unpaired) electrons. The fourth-order valence-electron chi connectivity index (χ4n) is 0.750. The standard InChI is InChI=1S/C8H10O2.FH/c9-5-7-1-2-8(6-10)4-3-7;/h1-4,9-10H,5-6H2;1H. The summed E-state index contributed by atoms with van der Waals surface area (Å²) in [6, 6.07) is 7.19. The van der Waals surface area contributed by atoms with Crippen molar-refractivity contribution in [3.8, 4) is 0 Å². The van der Waals surface area contributed by atoms with E-state index in [1.54, 1.807) is 24.3 Å². The van der Waals surface area contributed by atoms with E-state index in [2.05, 4.69) is 0 Å². The number of aliphatic hydroxyl groups is 2. The summed E-state index contributed by atoms with van der Waals surface area (Å²) in [7, 11) is 0. The van der Waals surface area contributed by atoms with Crippen LogP contribution in [-0.2, 0) is 13.2 Å². The second-order valence-corrected chi connectivity index (χ2v) is 2.13. The second-order valence-electron chi connectivity index (χ2n) is 2.13. The first-order valence-corrected chi connectivity index (χ1v) is 3.16. The normalized spacial score (nSPS) is 8.91. The maximum atomic E-state index is 8.64. The lowest BCUT2D eigenvalue weighted by Gasteiger charge is -1.96. The van der Waals surface area contributed by atoms with Gasteiger partial charge in [-0.15, -0.1) is 0 Å². The summed E-state index contributed by atoms with van der Waals surface area (Å²) in [5.74, 6) is 0. The third-order valence-corrected chi connectivity index (χ3v) is 1.39. The molecule has 0 aliphatic rings. The van der Waals surface area contributed by atoms with Gasteiger partial charge in [0.1, 0.15) is 0 Å². The number of halogens is 1. The van der Waals surface area contributed by atoms with Crippen LogP contribution in [0.5, 0.6) is 0 Å². The minimum absolute atomic E-state index is 0. The lowest BCUT2D eigenvalue weighted by molar-refractivity contribution is 0.278.